The van der Waals surface area contributed by atoms with Gasteiger partial charge in [-0.15, -0.1) is 11.3 Å². The quantitative estimate of drug-likeness (QED) is 0.833. The Kier molecular flexibility index (Phi) is 5.41. The van der Waals surface area contributed by atoms with Crippen LogP contribution in [0, 0.1) is 5.92 Å². The summed E-state index contributed by atoms with van der Waals surface area (Å²) in [5.74, 6) is 0.106. The molecule has 0 aliphatic carbocycles. The first-order valence-electron chi connectivity index (χ1n) is 6.80. The first-order valence-corrected chi connectivity index (χ1v) is 7.61. The molecule has 1 rings (SSSR count). The lowest BCUT2D eigenvalue weighted by molar-refractivity contribution is 0.0697. The van der Waals surface area contributed by atoms with Crippen molar-refractivity contribution in [2.75, 3.05) is 6.61 Å². The molecule has 1 aromatic rings. The van der Waals surface area contributed by atoms with Crippen molar-refractivity contribution in [1.29, 1.82) is 0 Å². The summed E-state index contributed by atoms with van der Waals surface area (Å²) in [6.45, 7) is 11.1. The lowest BCUT2D eigenvalue weighted by atomic mass is 9.95. The maximum absolute atomic E-state index is 11.3. The Morgan fingerprint density at radius 2 is 1.95 bits per heavy atom. The molecule has 0 radical (unpaired) electrons. The van der Waals surface area contributed by atoms with Crippen LogP contribution in [0.2, 0.25) is 0 Å². The van der Waals surface area contributed by atoms with Gasteiger partial charge >= 0.3 is 5.97 Å². The van der Waals surface area contributed by atoms with Crippen LogP contribution in [-0.2, 0) is 5.41 Å². The van der Waals surface area contributed by atoms with E-state index in [2.05, 4.69) is 34.6 Å². The minimum Gasteiger partial charge on any atom is -0.491 e. The number of thiophene rings is 1. The number of rotatable bonds is 6. The summed E-state index contributed by atoms with van der Waals surface area (Å²) in [7, 11) is 0. The maximum atomic E-state index is 11.3. The van der Waals surface area contributed by atoms with Gasteiger partial charge < -0.3 is 9.84 Å². The maximum Gasteiger partial charge on any atom is 0.349 e. The van der Waals surface area contributed by atoms with Crippen LogP contribution in [0.5, 0.6) is 5.75 Å². The molecule has 0 spiro atoms. The van der Waals surface area contributed by atoms with E-state index < -0.39 is 5.97 Å². The molecule has 108 valence electrons. The Labute approximate surface area is 119 Å². The predicted molar refractivity (Wildman–Crippen MR) is 79.5 cm³/mol. The topological polar surface area (TPSA) is 46.5 Å². The zero-order chi connectivity index (χ0) is 14.6. The third kappa shape index (κ3) is 4.23. The predicted octanol–water partition coefficient (Wildman–Crippen LogP) is 4.56. The Hall–Kier alpha value is -1.03. The molecule has 19 heavy (non-hydrogen) atoms. The van der Waals surface area contributed by atoms with Crippen LogP contribution in [0.25, 0.3) is 0 Å². The summed E-state index contributed by atoms with van der Waals surface area (Å²) < 4.78 is 5.75. The lowest BCUT2D eigenvalue weighted by Crippen LogP contribution is -2.11. The molecule has 1 N–H and O–H groups in total. The summed E-state index contributed by atoms with van der Waals surface area (Å²) in [5.41, 5.74) is -0.0502. The molecular formula is C15H24O3S. The fourth-order valence-electron chi connectivity index (χ4n) is 1.73. The van der Waals surface area contributed by atoms with E-state index in [4.69, 9.17) is 4.74 Å². The first kappa shape index (κ1) is 16.0. The van der Waals surface area contributed by atoms with Gasteiger partial charge in [-0.05, 0) is 17.4 Å². The third-order valence-electron chi connectivity index (χ3n) is 3.26. The van der Waals surface area contributed by atoms with E-state index in [9.17, 15) is 9.90 Å². The Morgan fingerprint density at radius 3 is 2.37 bits per heavy atom. The van der Waals surface area contributed by atoms with E-state index in [1.165, 1.54) is 11.3 Å². The van der Waals surface area contributed by atoms with E-state index in [0.717, 1.165) is 17.7 Å². The average Bonchev–Trinajstić information content (AvgIpc) is 2.74. The monoisotopic (exact) mass is 284 g/mol. The van der Waals surface area contributed by atoms with Gasteiger partial charge in [-0.2, -0.15) is 0 Å². The normalized spacial score (nSPS) is 11.9. The fourth-order valence-corrected chi connectivity index (χ4v) is 2.73. The molecule has 4 heteroatoms. The van der Waals surface area contributed by atoms with Gasteiger partial charge in [0.2, 0.25) is 0 Å². The van der Waals surface area contributed by atoms with Crippen molar-refractivity contribution >= 4 is 17.3 Å². The molecular weight excluding hydrogens is 260 g/mol. The molecule has 0 amide bonds. The van der Waals surface area contributed by atoms with Gasteiger partial charge in [-0.25, -0.2) is 4.79 Å². The molecule has 0 fully saturated rings. The fraction of sp³-hybridized carbons (Fsp3) is 0.667. The average molecular weight is 284 g/mol. The third-order valence-corrected chi connectivity index (χ3v) is 4.79. The molecule has 0 saturated heterocycles. The Balaban J connectivity index is 2.92. The summed E-state index contributed by atoms with van der Waals surface area (Å²) in [6, 6.07) is 1.89. The Morgan fingerprint density at radius 1 is 1.37 bits per heavy atom. The largest absolute Gasteiger partial charge is 0.491 e. The second kappa shape index (κ2) is 6.42. The molecule has 0 aliphatic heterocycles. The highest BCUT2D eigenvalue weighted by Crippen LogP contribution is 2.37. The van der Waals surface area contributed by atoms with E-state index in [1.54, 1.807) is 0 Å². The van der Waals surface area contributed by atoms with Crippen molar-refractivity contribution in [3.05, 3.63) is 15.8 Å². The van der Waals surface area contributed by atoms with Gasteiger partial charge in [-0.1, -0.05) is 47.5 Å². The summed E-state index contributed by atoms with van der Waals surface area (Å²) in [5, 5.41) is 9.25. The summed E-state index contributed by atoms with van der Waals surface area (Å²) >= 11 is 1.32. The minimum absolute atomic E-state index is 0.0502. The molecule has 0 unspecified atom stereocenters. The van der Waals surface area contributed by atoms with Gasteiger partial charge in [0.25, 0.3) is 0 Å². The highest BCUT2D eigenvalue weighted by Gasteiger charge is 2.24. The van der Waals surface area contributed by atoms with Crippen molar-refractivity contribution in [3.63, 3.8) is 0 Å². The van der Waals surface area contributed by atoms with Gasteiger partial charge in [0.1, 0.15) is 5.75 Å². The molecule has 0 atom stereocenters. The number of ether oxygens (including phenoxy) is 1. The van der Waals surface area contributed by atoms with Crippen LogP contribution in [0.15, 0.2) is 6.07 Å². The zero-order valence-corrected chi connectivity index (χ0v) is 13.3. The van der Waals surface area contributed by atoms with Gasteiger partial charge in [0.15, 0.2) is 4.88 Å². The van der Waals surface area contributed by atoms with E-state index in [0.29, 0.717) is 23.2 Å². The molecule has 0 saturated carbocycles. The van der Waals surface area contributed by atoms with Gasteiger partial charge in [0, 0.05) is 4.88 Å². The molecule has 0 aliphatic rings. The summed E-state index contributed by atoms with van der Waals surface area (Å²) in [6.07, 6.45) is 2.10. The zero-order valence-electron chi connectivity index (χ0n) is 12.4. The number of aromatic carboxylic acids is 1. The van der Waals surface area contributed by atoms with Crippen molar-refractivity contribution in [1.82, 2.24) is 0 Å². The SMILES string of the molecule is CCC(CC)COc1cc(C(C)(C)C)sc1C(=O)O. The molecule has 1 heterocycles. The van der Waals surface area contributed by atoms with Crippen LogP contribution < -0.4 is 4.74 Å². The molecule has 1 aromatic heterocycles. The van der Waals surface area contributed by atoms with Crippen molar-refractivity contribution < 1.29 is 14.6 Å². The standard InChI is InChI=1S/C15H24O3S/c1-6-10(7-2)9-18-11-8-12(15(3,4)5)19-13(11)14(16)17/h8,10H,6-7,9H2,1-5H3,(H,16,17). The number of hydrogen-bond acceptors (Lipinski definition) is 3. The molecule has 0 aromatic carbocycles. The smallest absolute Gasteiger partial charge is 0.349 e. The highest BCUT2D eigenvalue weighted by molar-refractivity contribution is 7.14. The number of carboxylic acid groups (broad SMARTS) is 1. The first-order chi connectivity index (χ1) is 8.79. The van der Waals surface area contributed by atoms with Crippen LogP contribution in [0.3, 0.4) is 0 Å². The van der Waals surface area contributed by atoms with Crippen LogP contribution in [0.1, 0.15) is 62.0 Å². The van der Waals surface area contributed by atoms with E-state index in [-0.39, 0.29) is 5.41 Å². The van der Waals surface area contributed by atoms with Gasteiger partial charge in [-0.3, -0.25) is 0 Å². The van der Waals surface area contributed by atoms with Crippen molar-refractivity contribution in [3.8, 4) is 5.75 Å². The van der Waals surface area contributed by atoms with Crippen molar-refractivity contribution in [2.24, 2.45) is 5.92 Å². The van der Waals surface area contributed by atoms with Crippen molar-refractivity contribution in [2.45, 2.75) is 52.9 Å². The van der Waals surface area contributed by atoms with Crippen LogP contribution >= 0.6 is 11.3 Å². The van der Waals surface area contributed by atoms with E-state index in [1.807, 2.05) is 6.07 Å². The number of hydrogen-bond donors (Lipinski definition) is 1. The molecule has 0 bridgehead atoms. The van der Waals surface area contributed by atoms with Gasteiger partial charge in [0.05, 0.1) is 6.61 Å². The second-order valence-corrected chi connectivity index (χ2v) is 6.90. The van der Waals surface area contributed by atoms with E-state index >= 15 is 0 Å². The molecule has 3 nitrogen and oxygen atoms in total. The minimum atomic E-state index is -0.903. The van der Waals surface area contributed by atoms with Crippen LogP contribution in [-0.4, -0.2) is 17.7 Å². The Bertz CT molecular complexity index is 425. The highest BCUT2D eigenvalue weighted by atomic mass is 32.1. The van der Waals surface area contributed by atoms with Crippen LogP contribution in [0.4, 0.5) is 0 Å². The lowest BCUT2D eigenvalue weighted by Gasteiger charge is -2.15. The number of carboxylic acids is 1. The second-order valence-electron chi connectivity index (χ2n) is 5.85. The number of carbonyl (C=O) groups is 1. The summed E-state index contributed by atoms with van der Waals surface area (Å²) in [4.78, 5) is 12.6.